The highest BCUT2D eigenvalue weighted by Gasteiger charge is 2.58. The molecule has 7 nitrogen and oxygen atoms in total. The topological polar surface area (TPSA) is 68.8 Å². The van der Waals surface area contributed by atoms with Crippen LogP contribution < -0.4 is 5.32 Å². The van der Waals surface area contributed by atoms with Crippen molar-refractivity contribution in [3.63, 3.8) is 0 Å². The number of nitrogens with one attached hydrogen (secondary N) is 1. The first kappa shape index (κ1) is 21.1. The van der Waals surface area contributed by atoms with E-state index in [9.17, 15) is 9.59 Å². The molecule has 7 heteroatoms. The molecule has 3 fully saturated rings. The van der Waals surface area contributed by atoms with Gasteiger partial charge in [-0.05, 0) is 70.7 Å². The summed E-state index contributed by atoms with van der Waals surface area (Å²) in [5.74, 6) is 0.323. The zero-order chi connectivity index (χ0) is 21.4. The van der Waals surface area contributed by atoms with Crippen molar-refractivity contribution in [3.05, 3.63) is 30.1 Å². The van der Waals surface area contributed by atoms with Crippen LogP contribution in [-0.2, 0) is 11.3 Å². The number of likely N-dealkylation sites (tertiary alicyclic amines) is 3. The second kappa shape index (κ2) is 8.17. The molecule has 30 heavy (non-hydrogen) atoms. The second-order valence-electron chi connectivity index (χ2n) is 9.77. The molecule has 0 saturated carbocycles. The molecular formula is C23H35N5O2. The van der Waals surface area contributed by atoms with Crippen molar-refractivity contribution in [1.29, 1.82) is 0 Å². The third kappa shape index (κ3) is 3.92. The van der Waals surface area contributed by atoms with Crippen molar-refractivity contribution >= 4 is 11.9 Å². The molecule has 3 saturated heterocycles. The Morgan fingerprint density at radius 3 is 2.47 bits per heavy atom. The van der Waals surface area contributed by atoms with Crippen LogP contribution in [-0.4, -0.2) is 76.4 Å². The van der Waals surface area contributed by atoms with Crippen LogP contribution in [0.2, 0.25) is 0 Å². The number of hydrogen-bond acceptors (Lipinski definition) is 4. The number of rotatable bonds is 3. The van der Waals surface area contributed by atoms with Crippen LogP contribution in [0.25, 0.3) is 0 Å². The predicted molar refractivity (Wildman–Crippen MR) is 116 cm³/mol. The van der Waals surface area contributed by atoms with Gasteiger partial charge in [0.25, 0.3) is 0 Å². The van der Waals surface area contributed by atoms with Gasteiger partial charge in [0.05, 0.1) is 5.41 Å². The van der Waals surface area contributed by atoms with Gasteiger partial charge < -0.3 is 15.1 Å². The molecule has 4 rings (SSSR count). The average Bonchev–Trinajstić information content (AvgIpc) is 2.92. The molecule has 3 amide bonds. The Kier molecular flexibility index (Phi) is 5.75. The summed E-state index contributed by atoms with van der Waals surface area (Å²) in [5, 5.41) is 2.99. The number of pyridine rings is 1. The second-order valence-corrected chi connectivity index (χ2v) is 9.77. The van der Waals surface area contributed by atoms with Gasteiger partial charge in [-0.15, -0.1) is 0 Å². The third-order valence-electron chi connectivity index (χ3n) is 7.47. The number of nitrogens with zero attached hydrogens (tertiary/aromatic N) is 4. The minimum Gasteiger partial charge on any atom is -0.339 e. The third-order valence-corrected chi connectivity index (χ3v) is 7.47. The van der Waals surface area contributed by atoms with Crippen molar-refractivity contribution in [2.45, 2.75) is 64.1 Å². The van der Waals surface area contributed by atoms with E-state index in [1.54, 1.807) is 6.20 Å². The van der Waals surface area contributed by atoms with Gasteiger partial charge in [0.1, 0.15) is 0 Å². The van der Waals surface area contributed by atoms with Crippen molar-refractivity contribution < 1.29 is 9.59 Å². The van der Waals surface area contributed by atoms with Crippen LogP contribution in [0.15, 0.2) is 24.5 Å². The van der Waals surface area contributed by atoms with Crippen LogP contribution in [0.3, 0.4) is 0 Å². The fourth-order valence-corrected chi connectivity index (χ4v) is 5.65. The zero-order valence-electron chi connectivity index (χ0n) is 18.6. The van der Waals surface area contributed by atoms with E-state index < -0.39 is 0 Å². The molecule has 0 unspecified atom stereocenters. The normalized spacial score (nSPS) is 23.5. The molecule has 0 aromatic carbocycles. The Bertz CT molecular complexity index is 765. The minimum atomic E-state index is -0.220. The van der Waals surface area contributed by atoms with E-state index >= 15 is 0 Å². The summed E-state index contributed by atoms with van der Waals surface area (Å²) in [6.45, 7) is 8.22. The fraction of sp³-hybridized carbons (Fsp3) is 0.696. The molecule has 0 aliphatic carbocycles. The van der Waals surface area contributed by atoms with Crippen LogP contribution >= 0.6 is 0 Å². The van der Waals surface area contributed by atoms with Crippen molar-refractivity contribution in [1.82, 2.24) is 25.0 Å². The highest BCUT2D eigenvalue weighted by atomic mass is 16.2. The van der Waals surface area contributed by atoms with E-state index in [0.717, 1.165) is 64.8 Å². The van der Waals surface area contributed by atoms with E-state index in [1.807, 2.05) is 43.0 Å². The predicted octanol–water partition coefficient (Wildman–Crippen LogP) is 2.48. The Hall–Kier alpha value is -2.15. The van der Waals surface area contributed by atoms with E-state index in [1.165, 1.54) is 5.56 Å². The summed E-state index contributed by atoms with van der Waals surface area (Å²) < 4.78 is 0. The molecule has 164 valence electrons. The molecule has 4 heterocycles. The molecule has 0 atom stereocenters. The summed E-state index contributed by atoms with van der Waals surface area (Å²) in [6.07, 6.45) is 8.28. The van der Waals surface area contributed by atoms with Crippen molar-refractivity contribution in [2.24, 2.45) is 5.41 Å². The Morgan fingerprint density at radius 2 is 1.87 bits per heavy atom. The molecule has 1 N–H and O–H groups in total. The quantitative estimate of drug-likeness (QED) is 0.827. The monoisotopic (exact) mass is 413 g/mol. The Morgan fingerprint density at radius 1 is 1.17 bits per heavy atom. The lowest BCUT2D eigenvalue weighted by molar-refractivity contribution is -0.139. The maximum atomic E-state index is 13.4. The summed E-state index contributed by atoms with van der Waals surface area (Å²) in [6, 6.07) is 4.26. The van der Waals surface area contributed by atoms with Gasteiger partial charge in [0.2, 0.25) is 5.91 Å². The Labute approximate surface area is 179 Å². The summed E-state index contributed by atoms with van der Waals surface area (Å²) >= 11 is 0. The lowest BCUT2D eigenvalue weighted by Crippen LogP contribution is -2.55. The molecule has 2 spiro atoms. The average molecular weight is 414 g/mol. The molecular weight excluding hydrogens is 378 g/mol. The standard InChI is InChI=1S/C23H35N5O2/c1-18(2)25-21(30)28-13-8-23(9-14-28)17-22(20(29)26(23)3)6-11-27(12-7-22)16-19-5-4-10-24-15-19/h4-5,10,15,18H,6-9,11-14,16-17H2,1-3H3,(H,25,30). The fourth-order valence-electron chi connectivity index (χ4n) is 5.65. The number of amides is 3. The number of piperidine rings is 2. The number of carbonyl (C=O) groups is 2. The van der Waals surface area contributed by atoms with E-state index in [2.05, 4.69) is 21.3 Å². The molecule has 3 aliphatic heterocycles. The van der Waals surface area contributed by atoms with Crippen LogP contribution in [0.4, 0.5) is 4.79 Å². The summed E-state index contributed by atoms with van der Waals surface area (Å²) in [7, 11) is 1.99. The smallest absolute Gasteiger partial charge is 0.317 e. The minimum absolute atomic E-state index is 0.0187. The maximum absolute atomic E-state index is 13.4. The Balaban J connectivity index is 1.37. The van der Waals surface area contributed by atoms with E-state index in [-0.39, 0.29) is 23.0 Å². The number of urea groups is 1. The molecule has 1 aromatic rings. The lowest BCUT2D eigenvalue weighted by atomic mass is 9.71. The largest absolute Gasteiger partial charge is 0.339 e. The first-order valence-electron chi connectivity index (χ1n) is 11.3. The van der Waals surface area contributed by atoms with Gasteiger partial charge in [-0.2, -0.15) is 0 Å². The number of aromatic nitrogens is 1. The first-order chi connectivity index (χ1) is 14.3. The number of carbonyl (C=O) groups excluding carboxylic acids is 2. The summed E-state index contributed by atoms with van der Waals surface area (Å²) in [5.41, 5.74) is 0.923. The van der Waals surface area contributed by atoms with Crippen molar-refractivity contribution in [2.75, 3.05) is 33.2 Å². The van der Waals surface area contributed by atoms with E-state index in [0.29, 0.717) is 5.91 Å². The van der Waals surface area contributed by atoms with Gasteiger partial charge >= 0.3 is 6.03 Å². The number of hydrogen-bond donors (Lipinski definition) is 1. The van der Waals surface area contributed by atoms with E-state index in [4.69, 9.17) is 0 Å². The summed E-state index contributed by atoms with van der Waals surface area (Å²) in [4.78, 5) is 36.4. The van der Waals surface area contributed by atoms with Crippen LogP contribution in [0.1, 0.15) is 51.5 Å². The van der Waals surface area contributed by atoms with Crippen LogP contribution in [0, 0.1) is 5.41 Å². The SMILES string of the molecule is CC(C)NC(=O)N1CCC2(CC1)CC1(CCN(Cc3cccnc3)CC1)C(=O)N2C. The van der Waals surface area contributed by atoms with Crippen molar-refractivity contribution in [3.8, 4) is 0 Å². The van der Waals surface area contributed by atoms with Gasteiger partial charge in [0.15, 0.2) is 0 Å². The highest BCUT2D eigenvalue weighted by molar-refractivity contribution is 5.86. The molecule has 0 radical (unpaired) electrons. The first-order valence-corrected chi connectivity index (χ1v) is 11.3. The molecule has 0 bridgehead atoms. The van der Waals surface area contributed by atoms with Gasteiger partial charge in [-0.25, -0.2) is 4.79 Å². The zero-order valence-corrected chi connectivity index (χ0v) is 18.6. The lowest BCUT2D eigenvalue weighted by Gasteiger charge is -2.44. The maximum Gasteiger partial charge on any atom is 0.317 e. The van der Waals surface area contributed by atoms with Gasteiger partial charge in [-0.3, -0.25) is 14.7 Å². The molecule has 3 aliphatic rings. The van der Waals surface area contributed by atoms with Crippen LogP contribution in [0.5, 0.6) is 0 Å². The van der Waals surface area contributed by atoms with Gasteiger partial charge in [-0.1, -0.05) is 6.07 Å². The highest BCUT2D eigenvalue weighted by Crippen LogP contribution is 2.52. The van der Waals surface area contributed by atoms with Gasteiger partial charge in [0, 0.05) is 50.7 Å². The molecule has 1 aromatic heterocycles.